The average Bonchev–Trinajstić information content (AvgIpc) is 2.95. The van der Waals surface area contributed by atoms with Crippen LogP contribution in [0.2, 0.25) is 0 Å². The maximum atomic E-state index is 11.9. The molecule has 2 aromatic rings. The molecule has 0 aromatic carbocycles. The number of amides is 1. The number of carbonyl (C=O) groups excluding carboxylic acids is 1. The van der Waals surface area contributed by atoms with Gasteiger partial charge in [0.2, 0.25) is 5.76 Å². The van der Waals surface area contributed by atoms with Crippen molar-refractivity contribution in [2.24, 2.45) is 7.05 Å². The van der Waals surface area contributed by atoms with Gasteiger partial charge in [-0.3, -0.25) is 9.48 Å². The summed E-state index contributed by atoms with van der Waals surface area (Å²) in [5, 5.41) is 15.5. The van der Waals surface area contributed by atoms with E-state index in [-0.39, 0.29) is 11.5 Å². The Bertz CT molecular complexity index is 627. The maximum Gasteiger partial charge on any atom is 0.371 e. The predicted molar refractivity (Wildman–Crippen MR) is 66.2 cm³/mol. The molecular formula is C12H13N3O4. The first kappa shape index (κ1) is 12.9. The summed E-state index contributed by atoms with van der Waals surface area (Å²) in [6.45, 7) is 1.92. The molecular weight excluding hydrogens is 250 g/mol. The number of carbonyl (C=O) groups is 2. The fraction of sp³-hybridized carbons (Fsp3) is 0.250. The summed E-state index contributed by atoms with van der Waals surface area (Å²) >= 11 is 0. The van der Waals surface area contributed by atoms with E-state index in [2.05, 4.69) is 10.4 Å². The third-order valence-corrected chi connectivity index (χ3v) is 2.53. The third kappa shape index (κ3) is 2.65. The van der Waals surface area contributed by atoms with E-state index in [0.717, 1.165) is 5.69 Å². The molecule has 0 atom stereocenters. The zero-order chi connectivity index (χ0) is 14.0. The van der Waals surface area contributed by atoms with Gasteiger partial charge in [-0.1, -0.05) is 6.92 Å². The van der Waals surface area contributed by atoms with Crippen LogP contribution in [0.25, 0.3) is 0 Å². The highest BCUT2D eigenvalue weighted by Gasteiger charge is 2.17. The first-order valence-electron chi connectivity index (χ1n) is 5.68. The lowest BCUT2D eigenvalue weighted by Crippen LogP contribution is -2.11. The monoisotopic (exact) mass is 263 g/mol. The lowest BCUT2D eigenvalue weighted by atomic mass is 10.3. The van der Waals surface area contributed by atoms with Gasteiger partial charge in [-0.2, -0.15) is 5.10 Å². The summed E-state index contributed by atoms with van der Waals surface area (Å²) < 4.78 is 6.52. The Labute approximate surface area is 108 Å². The lowest BCUT2D eigenvalue weighted by molar-refractivity contribution is 0.0660. The van der Waals surface area contributed by atoms with E-state index in [1.165, 1.54) is 12.1 Å². The van der Waals surface area contributed by atoms with E-state index in [4.69, 9.17) is 9.52 Å². The van der Waals surface area contributed by atoms with Gasteiger partial charge in [-0.05, 0) is 18.6 Å². The first-order valence-corrected chi connectivity index (χ1v) is 5.68. The van der Waals surface area contributed by atoms with Gasteiger partial charge in [-0.25, -0.2) is 4.79 Å². The number of hydrogen-bond donors (Lipinski definition) is 2. The van der Waals surface area contributed by atoms with Gasteiger partial charge in [-0.15, -0.1) is 0 Å². The van der Waals surface area contributed by atoms with E-state index >= 15 is 0 Å². The highest BCUT2D eigenvalue weighted by Crippen LogP contribution is 2.16. The Morgan fingerprint density at radius 1 is 1.42 bits per heavy atom. The van der Waals surface area contributed by atoms with Crippen LogP contribution in [0.1, 0.15) is 33.7 Å². The molecule has 0 unspecified atom stereocenters. The molecule has 7 heteroatoms. The van der Waals surface area contributed by atoms with Crippen molar-refractivity contribution in [2.45, 2.75) is 13.3 Å². The molecule has 1 amide bonds. The molecule has 0 aliphatic heterocycles. The Kier molecular flexibility index (Phi) is 3.37. The fourth-order valence-corrected chi connectivity index (χ4v) is 1.66. The van der Waals surface area contributed by atoms with Crippen LogP contribution in [0.3, 0.4) is 0 Å². The molecule has 0 saturated carbocycles. The van der Waals surface area contributed by atoms with Crippen molar-refractivity contribution >= 4 is 17.6 Å². The number of carboxylic acid groups (broad SMARTS) is 1. The van der Waals surface area contributed by atoms with Gasteiger partial charge >= 0.3 is 5.97 Å². The molecule has 0 saturated heterocycles. The minimum atomic E-state index is -1.21. The van der Waals surface area contributed by atoms with Crippen LogP contribution >= 0.6 is 0 Å². The van der Waals surface area contributed by atoms with E-state index in [1.54, 1.807) is 17.9 Å². The number of rotatable bonds is 4. The number of aryl methyl sites for hydroxylation is 2. The van der Waals surface area contributed by atoms with E-state index in [0.29, 0.717) is 12.1 Å². The Morgan fingerprint density at radius 2 is 2.11 bits per heavy atom. The van der Waals surface area contributed by atoms with E-state index < -0.39 is 11.9 Å². The number of nitrogens with one attached hydrogen (secondary N) is 1. The van der Waals surface area contributed by atoms with Crippen LogP contribution in [-0.4, -0.2) is 26.8 Å². The summed E-state index contributed by atoms with van der Waals surface area (Å²) in [6, 6.07) is 2.56. The molecule has 100 valence electrons. The Hall–Kier alpha value is -2.57. The molecule has 7 nitrogen and oxygen atoms in total. The van der Waals surface area contributed by atoms with Crippen molar-refractivity contribution in [3.05, 3.63) is 35.5 Å². The van der Waals surface area contributed by atoms with Crippen LogP contribution < -0.4 is 5.32 Å². The van der Waals surface area contributed by atoms with Crippen LogP contribution in [-0.2, 0) is 13.5 Å². The lowest BCUT2D eigenvalue weighted by Gasteiger charge is -2.01. The summed E-state index contributed by atoms with van der Waals surface area (Å²) in [6.07, 6.45) is 2.35. The zero-order valence-electron chi connectivity index (χ0n) is 10.5. The second-order valence-corrected chi connectivity index (χ2v) is 3.94. The maximum absolute atomic E-state index is 11.9. The molecule has 2 heterocycles. The number of aromatic nitrogens is 2. The molecule has 0 fully saturated rings. The largest absolute Gasteiger partial charge is 0.475 e. The number of hydrogen-bond acceptors (Lipinski definition) is 4. The van der Waals surface area contributed by atoms with Gasteiger partial charge in [0.05, 0.1) is 11.4 Å². The molecule has 19 heavy (non-hydrogen) atoms. The van der Waals surface area contributed by atoms with Gasteiger partial charge in [0.15, 0.2) is 5.76 Å². The normalized spacial score (nSPS) is 10.4. The van der Waals surface area contributed by atoms with Crippen molar-refractivity contribution < 1.29 is 19.1 Å². The second kappa shape index (κ2) is 4.97. The summed E-state index contributed by atoms with van der Waals surface area (Å²) in [5.41, 5.74) is 1.34. The van der Waals surface area contributed by atoms with Crippen molar-refractivity contribution in [2.75, 3.05) is 5.32 Å². The zero-order valence-corrected chi connectivity index (χ0v) is 10.5. The predicted octanol–water partition coefficient (Wildman–Crippen LogP) is 1.53. The SMILES string of the molecule is CCc1nn(C)cc1NC(=O)c1ccc(C(=O)O)o1. The minimum Gasteiger partial charge on any atom is -0.475 e. The van der Waals surface area contributed by atoms with Crippen LogP contribution in [0.15, 0.2) is 22.7 Å². The minimum absolute atomic E-state index is 0.0525. The highest BCUT2D eigenvalue weighted by molar-refractivity contribution is 6.03. The van der Waals surface area contributed by atoms with Crippen LogP contribution in [0, 0.1) is 0 Å². The number of anilines is 1. The molecule has 0 spiro atoms. The second-order valence-electron chi connectivity index (χ2n) is 3.94. The molecule has 2 rings (SSSR count). The molecule has 2 N–H and O–H groups in total. The quantitative estimate of drug-likeness (QED) is 0.871. The van der Waals surface area contributed by atoms with Crippen LogP contribution in [0.4, 0.5) is 5.69 Å². The van der Waals surface area contributed by atoms with Gasteiger partial charge < -0.3 is 14.8 Å². The van der Waals surface area contributed by atoms with Gasteiger partial charge in [0, 0.05) is 13.2 Å². The smallest absolute Gasteiger partial charge is 0.371 e. The highest BCUT2D eigenvalue weighted by atomic mass is 16.4. The topological polar surface area (TPSA) is 97.4 Å². The van der Waals surface area contributed by atoms with Gasteiger partial charge in [0.1, 0.15) is 0 Å². The molecule has 0 radical (unpaired) electrons. The molecule has 0 bridgehead atoms. The summed E-state index contributed by atoms with van der Waals surface area (Å²) in [4.78, 5) is 22.6. The van der Waals surface area contributed by atoms with E-state index in [9.17, 15) is 9.59 Å². The molecule has 0 aliphatic carbocycles. The summed E-state index contributed by atoms with van der Waals surface area (Å²) in [7, 11) is 1.75. The average molecular weight is 263 g/mol. The number of furan rings is 1. The van der Waals surface area contributed by atoms with Crippen molar-refractivity contribution in [1.82, 2.24) is 9.78 Å². The standard InChI is InChI=1S/C12H13N3O4/c1-3-7-8(6-15(2)14-7)13-11(16)9-4-5-10(19-9)12(17)18/h4-6H,3H2,1-2H3,(H,13,16)(H,17,18). The van der Waals surface area contributed by atoms with E-state index in [1.807, 2.05) is 6.92 Å². The van der Waals surface area contributed by atoms with Crippen molar-refractivity contribution in [1.29, 1.82) is 0 Å². The third-order valence-electron chi connectivity index (χ3n) is 2.53. The van der Waals surface area contributed by atoms with Crippen LogP contribution in [0.5, 0.6) is 0 Å². The Morgan fingerprint density at radius 3 is 2.68 bits per heavy atom. The molecule has 0 aliphatic rings. The summed E-state index contributed by atoms with van der Waals surface area (Å²) in [5.74, 6) is -2.04. The number of nitrogens with zero attached hydrogens (tertiary/aromatic N) is 2. The molecule has 2 aromatic heterocycles. The Balaban J connectivity index is 2.18. The fourth-order valence-electron chi connectivity index (χ4n) is 1.66. The van der Waals surface area contributed by atoms with Gasteiger partial charge in [0.25, 0.3) is 5.91 Å². The van der Waals surface area contributed by atoms with Crippen molar-refractivity contribution in [3.63, 3.8) is 0 Å². The number of aromatic carboxylic acids is 1. The van der Waals surface area contributed by atoms with Crippen molar-refractivity contribution in [3.8, 4) is 0 Å². The number of carboxylic acids is 1. The first-order chi connectivity index (χ1) is 9.01.